The van der Waals surface area contributed by atoms with E-state index in [2.05, 4.69) is 15.8 Å². The maximum atomic E-state index is 13.4. The second-order valence-corrected chi connectivity index (χ2v) is 7.50. The van der Waals surface area contributed by atoms with Crippen molar-refractivity contribution in [1.29, 1.82) is 0 Å². The second-order valence-electron chi connectivity index (χ2n) is 7.50. The van der Waals surface area contributed by atoms with E-state index in [1.807, 2.05) is 0 Å². The number of nitrogens with zero attached hydrogens (tertiary/aromatic N) is 2. The number of rotatable bonds is 2. The number of aromatic nitrogens is 1. The average molecular weight is 346 g/mol. The zero-order chi connectivity index (χ0) is 17.0. The number of halogens is 2. The Morgan fingerprint density at radius 3 is 2.60 bits per heavy atom. The number of pyridine rings is 1. The van der Waals surface area contributed by atoms with Crippen molar-refractivity contribution in [2.75, 3.05) is 12.0 Å². The Morgan fingerprint density at radius 1 is 1.12 bits per heavy atom. The van der Waals surface area contributed by atoms with E-state index in [0.29, 0.717) is 22.5 Å². The summed E-state index contributed by atoms with van der Waals surface area (Å²) in [5.74, 6) is 0.150. The van der Waals surface area contributed by atoms with E-state index < -0.39 is 11.6 Å². The predicted molar refractivity (Wildman–Crippen MR) is 89.0 cm³/mol. The van der Waals surface area contributed by atoms with Crippen molar-refractivity contribution >= 4 is 16.6 Å². The Balaban J connectivity index is 1.34. The van der Waals surface area contributed by atoms with Crippen molar-refractivity contribution in [2.45, 2.75) is 37.7 Å². The fourth-order valence-corrected chi connectivity index (χ4v) is 4.69. The summed E-state index contributed by atoms with van der Waals surface area (Å²) in [6, 6.07) is 4.01. The Labute approximate surface area is 144 Å². The van der Waals surface area contributed by atoms with Gasteiger partial charge in [-0.05, 0) is 72.8 Å². The van der Waals surface area contributed by atoms with Gasteiger partial charge in [-0.2, -0.15) is 0 Å². The summed E-state index contributed by atoms with van der Waals surface area (Å²) < 4.78 is 26.7. The highest BCUT2D eigenvalue weighted by Crippen LogP contribution is 2.50. The van der Waals surface area contributed by atoms with Gasteiger partial charge in [0.25, 0.3) is 0 Å². The summed E-state index contributed by atoms with van der Waals surface area (Å²) in [5, 5.41) is 2.66. The third-order valence-electron chi connectivity index (χ3n) is 6.00. The molecule has 5 nitrogen and oxygen atoms in total. The monoisotopic (exact) mass is 346 g/mol. The molecule has 6 rings (SSSR count). The lowest BCUT2D eigenvalue weighted by Crippen LogP contribution is -2.50. The van der Waals surface area contributed by atoms with E-state index in [1.54, 1.807) is 6.07 Å². The van der Waals surface area contributed by atoms with E-state index in [1.165, 1.54) is 43.2 Å². The molecule has 0 amide bonds. The first-order valence-electron chi connectivity index (χ1n) is 8.85. The number of hydrogen-bond donors (Lipinski definition) is 2. The molecular formula is C18H20F2N4O. The smallest absolute Gasteiger partial charge is 0.159 e. The van der Waals surface area contributed by atoms with Crippen molar-refractivity contribution in [1.82, 2.24) is 15.7 Å². The van der Waals surface area contributed by atoms with Crippen LogP contribution in [0.5, 0.6) is 0 Å². The summed E-state index contributed by atoms with van der Waals surface area (Å²) in [4.78, 5) is 10.5. The van der Waals surface area contributed by atoms with Crippen LogP contribution in [0.1, 0.15) is 32.1 Å². The van der Waals surface area contributed by atoms with Gasteiger partial charge in [-0.15, -0.1) is 0 Å². The van der Waals surface area contributed by atoms with Gasteiger partial charge in [-0.1, -0.05) is 0 Å². The van der Waals surface area contributed by atoms with Gasteiger partial charge >= 0.3 is 0 Å². The third-order valence-corrected chi connectivity index (χ3v) is 6.00. The molecule has 25 heavy (non-hydrogen) atoms. The molecule has 2 aromatic rings. The summed E-state index contributed by atoms with van der Waals surface area (Å²) >= 11 is 0. The van der Waals surface area contributed by atoms with Gasteiger partial charge in [-0.25, -0.2) is 19.2 Å². The third kappa shape index (κ3) is 2.58. The van der Waals surface area contributed by atoms with Crippen LogP contribution >= 0.6 is 0 Å². The van der Waals surface area contributed by atoms with Crippen molar-refractivity contribution < 1.29 is 13.6 Å². The molecule has 0 unspecified atom stereocenters. The number of fused-ring (bicyclic) bond motifs is 3. The topological polar surface area (TPSA) is 49.4 Å². The van der Waals surface area contributed by atoms with E-state index in [-0.39, 0.29) is 5.60 Å². The van der Waals surface area contributed by atoms with E-state index in [4.69, 9.17) is 4.84 Å². The van der Waals surface area contributed by atoms with Gasteiger partial charge in [0, 0.05) is 18.1 Å². The van der Waals surface area contributed by atoms with Crippen LogP contribution in [0.25, 0.3) is 10.8 Å². The maximum Gasteiger partial charge on any atom is 0.159 e. The minimum absolute atomic E-state index is 0.125. The lowest BCUT2D eigenvalue weighted by Gasteiger charge is -2.47. The van der Waals surface area contributed by atoms with Crippen molar-refractivity contribution in [3.8, 4) is 0 Å². The van der Waals surface area contributed by atoms with E-state index in [9.17, 15) is 8.78 Å². The van der Waals surface area contributed by atoms with Gasteiger partial charge in [0.2, 0.25) is 0 Å². The van der Waals surface area contributed by atoms with Crippen LogP contribution < -0.4 is 10.9 Å². The zero-order valence-electron chi connectivity index (χ0n) is 13.8. The molecule has 1 aromatic heterocycles. The molecule has 2 N–H and O–H groups in total. The Kier molecular flexibility index (Phi) is 3.45. The van der Waals surface area contributed by atoms with Crippen LogP contribution in [-0.4, -0.2) is 22.4 Å². The Hall–Kier alpha value is -1.83. The minimum Gasteiger partial charge on any atom is -0.265 e. The first kappa shape index (κ1) is 15.4. The highest BCUT2D eigenvalue weighted by atomic mass is 19.2. The largest absolute Gasteiger partial charge is 0.265 e. The Bertz CT molecular complexity index is 824. The molecule has 1 atom stereocenters. The normalized spacial score (nSPS) is 31.9. The minimum atomic E-state index is -0.867. The van der Waals surface area contributed by atoms with Crippen LogP contribution in [-0.2, 0) is 4.84 Å². The number of anilines is 1. The van der Waals surface area contributed by atoms with Crippen LogP contribution in [0.15, 0.2) is 24.4 Å². The zero-order valence-corrected chi connectivity index (χ0v) is 13.8. The summed E-state index contributed by atoms with van der Waals surface area (Å²) in [7, 11) is 0. The van der Waals surface area contributed by atoms with Gasteiger partial charge in [0.05, 0.1) is 0 Å². The summed E-state index contributed by atoms with van der Waals surface area (Å²) in [6.07, 6.45) is 7.72. The fourth-order valence-electron chi connectivity index (χ4n) is 4.69. The van der Waals surface area contributed by atoms with Crippen LogP contribution in [0, 0.1) is 23.5 Å². The molecule has 2 heterocycles. The Morgan fingerprint density at radius 2 is 1.88 bits per heavy atom. The standard InChI is InChI=1S/C18H20F2N4O/c19-15-5-12-7-17(21-9-13(12)6-16(15)20)23-24-22-10-18(25-24)8-11-1-3-14(18)4-2-11/h5-7,9,11,14,22H,1-4,8,10H2,(H,21,23)/t11?,14?,18-/m0/s1. The number of hydrazine groups is 2. The lowest BCUT2D eigenvalue weighted by molar-refractivity contribution is -0.235. The molecule has 1 aromatic carbocycles. The van der Waals surface area contributed by atoms with Crippen molar-refractivity contribution in [3.63, 3.8) is 0 Å². The molecule has 1 aliphatic heterocycles. The number of benzene rings is 1. The van der Waals surface area contributed by atoms with Crippen molar-refractivity contribution in [2.24, 2.45) is 11.8 Å². The fraction of sp³-hybridized carbons (Fsp3) is 0.500. The number of nitrogens with one attached hydrogen (secondary N) is 2. The second kappa shape index (κ2) is 5.59. The van der Waals surface area contributed by atoms with Crippen LogP contribution in [0.4, 0.5) is 14.6 Å². The molecular weight excluding hydrogens is 326 g/mol. The van der Waals surface area contributed by atoms with Crippen LogP contribution in [0.3, 0.4) is 0 Å². The maximum absolute atomic E-state index is 13.4. The first-order valence-corrected chi connectivity index (χ1v) is 8.85. The molecule has 1 spiro atoms. The summed E-state index contributed by atoms with van der Waals surface area (Å²) in [6.45, 7) is 0.786. The highest BCUT2D eigenvalue weighted by molar-refractivity contribution is 5.84. The van der Waals surface area contributed by atoms with Crippen LogP contribution in [0.2, 0.25) is 0 Å². The molecule has 7 heteroatoms. The molecule has 4 fully saturated rings. The average Bonchev–Trinajstić information content (AvgIpc) is 2.99. The van der Waals surface area contributed by atoms with Gasteiger partial charge in [0.15, 0.2) is 11.6 Å². The summed E-state index contributed by atoms with van der Waals surface area (Å²) in [5.41, 5.74) is 6.19. The van der Waals surface area contributed by atoms with Crippen molar-refractivity contribution in [3.05, 3.63) is 36.0 Å². The number of hydrogen-bond acceptors (Lipinski definition) is 5. The molecule has 2 bridgehead atoms. The highest BCUT2D eigenvalue weighted by Gasteiger charge is 2.52. The lowest BCUT2D eigenvalue weighted by atomic mass is 9.62. The molecule has 132 valence electrons. The molecule has 1 saturated heterocycles. The SMILES string of the molecule is Fc1cc2cnc(NN3NC[C@]4(CC5CCC4CC5)O3)cc2cc1F. The molecule has 3 saturated carbocycles. The molecule has 0 radical (unpaired) electrons. The van der Waals surface area contributed by atoms with E-state index >= 15 is 0 Å². The first-order chi connectivity index (χ1) is 12.1. The predicted octanol–water partition coefficient (Wildman–Crippen LogP) is 3.54. The van der Waals surface area contributed by atoms with Gasteiger partial charge in [0.1, 0.15) is 11.4 Å². The van der Waals surface area contributed by atoms with Gasteiger partial charge in [-0.3, -0.25) is 10.3 Å². The van der Waals surface area contributed by atoms with E-state index in [0.717, 1.165) is 24.9 Å². The quantitative estimate of drug-likeness (QED) is 0.871. The molecule has 3 aliphatic carbocycles. The van der Waals surface area contributed by atoms with Gasteiger partial charge < -0.3 is 0 Å². The molecule has 4 aliphatic rings.